The summed E-state index contributed by atoms with van der Waals surface area (Å²) < 4.78 is 19.7. The fourth-order valence-electron chi connectivity index (χ4n) is 1.46. The monoisotopic (exact) mass is 330 g/mol. The highest BCUT2D eigenvalue weighted by Crippen LogP contribution is 2.32. The summed E-state index contributed by atoms with van der Waals surface area (Å²) in [7, 11) is 0. The van der Waals surface area contributed by atoms with Crippen LogP contribution in [0.25, 0.3) is 0 Å². The van der Waals surface area contributed by atoms with Gasteiger partial charge in [-0.3, -0.25) is 0 Å². The molecule has 5 heteroatoms. The smallest absolute Gasteiger partial charge is 0.166 e. The van der Waals surface area contributed by atoms with Gasteiger partial charge in [-0.2, -0.15) is 0 Å². The van der Waals surface area contributed by atoms with Crippen molar-refractivity contribution in [3.05, 3.63) is 57.3 Å². The summed E-state index contributed by atoms with van der Waals surface area (Å²) >= 11 is 9.08. The molecule has 0 saturated heterocycles. The number of aliphatic hydroxyl groups is 1. The number of hydrogen-bond acceptors (Lipinski definition) is 2. The van der Waals surface area contributed by atoms with Crippen molar-refractivity contribution in [3.8, 4) is 11.5 Å². The lowest BCUT2D eigenvalue weighted by Gasteiger charge is -2.11. The molecule has 2 aromatic carbocycles. The molecular weight excluding hydrogens is 322 g/mol. The number of benzene rings is 2. The third kappa shape index (κ3) is 2.83. The topological polar surface area (TPSA) is 29.5 Å². The van der Waals surface area contributed by atoms with Crippen LogP contribution in [0.1, 0.15) is 5.56 Å². The van der Waals surface area contributed by atoms with Crippen molar-refractivity contribution >= 4 is 27.5 Å². The zero-order valence-electron chi connectivity index (χ0n) is 9.16. The Hall–Kier alpha value is -1.10. The number of halogens is 3. The predicted molar refractivity (Wildman–Crippen MR) is 71.5 cm³/mol. The number of aliphatic hydroxyl groups excluding tert-OH is 1. The Morgan fingerprint density at radius 3 is 2.67 bits per heavy atom. The molecule has 0 fully saturated rings. The molecule has 18 heavy (non-hydrogen) atoms. The number of ether oxygens (including phenoxy) is 1. The van der Waals surface area contributed by atoms with Crippen LogP contribution in [-0.2, 0) is 6.61 Å². The van der Waals surface area contributed by atoms with Crippen LogP contribution >= 0.6 is 27.5 Å². The minimum atomic E-state index is -0.492. The largest absolute Gasteiger partial charge is 0.454 e. The van der Waals surface area contributed by atoms with Crippen molar-refractivity contribution in [1.29, 1.82) is 0 Å². The Labute approximate surface area is 117 Å². The number of rotatable bonds is 3. The first-order valence-electron chi connectivity index (χ1n) is 5.13. The van der Waals surface area contributed by atoms with Crippen LogP contribution in [0.5, 0.6) is 11.5 Å². The van der Waals surface area contributed by atoms with Gasteiger partial charge in [-0.05, 0) is 30.3 Å². The first kappa shape index (κ1) is 13.3. The third-order valence-electron chi connectivity index (χ3n) is 2.35. The molecule has 1 N–H and O–H groups in total. The lowest BCUT2D eigenvalue weighted by molar-refractivity contribution is 0.276. The SMILES string of the molecule is OCc1c(Cl)cccc1Oc1ccc(Br)cc1F. The summed E-state index contributed by atoms with van der Waals surface area (Å²) in [6, 6.07) is 9.41. The number of hydrogen-bond donors (Lipinski definition) is 1. The Bertz CT molecular complexity index is 575. The second kappa shape index (κ2) is 5.69. The van der Waals surface area contributed by atoms with Gasteiger partial charge in [0.2, 0.25) is 0 Å². The van der Waals surface area contributed by atoms with E-state index in [1.54, 1.807) is 24.3 Å². The van der Waals surface area contributed by atoms with Crippen molar-refractivity contribution in [2.75, 3.05) is 0 Å². The van der Waals surface area contributed by atoms with E-state index >= 15 is 0 Å². The molecule has 0 bridgehead atoms. The molecule has 0 aliphatic heterocycles. The Morgan fingerprint density at radius 2 is 2.00 bits per heavy atom. The van der Waals surface area contributed by atoms with E-state index in [1.165, 1.54) is 12.1 Å². The minimum Gasteiger partial charge on any atom is -0.454 e. The molecule has 0 unspecified atom stereocenters. The van der Waals surface area contributed by atoms with Crippen LogP contribution < -0.4 is 4.74 Å². The molecule has 0 aliphatic rings. The van der Waals surface area contributed by atoms with E-state index in [4.69, 9.17) is 16.3 Å². The quantitative estimate of drug-likeness (QED) is 0.895. The zero-order valence-corrected chi connectivity index (χ0v) is 11.5. The Balaban J connectivity index is 2.37. The van der Waals surface area contributed by atoms with E-state index in [2.05, 4.69) is 15.9 Å². The van der Waals surface area contributed by atoms with Crippen LogP contribution in [0.3, 0.4) is 0 Å². The van der Waals surface area contributed by atoms with Crippen LogP contribution in [0.15, 0.2) is 40.9 Å². The highest BCUT2D eigenvalue weighted by atomic mass is 79.9. The van der Waals surface area contributed by atoms with Gasteiger partial charge < -0.3 is 9.84 Å². The fraction of sp³-hybridized carbons (Fsp3) is 0.0769. The van der Waals surface area contributed by atoms with Gasteiger partial charge in [0.1, 0.15) is 5.75 Å². The second-order valence-electron chi connectivity index (χ2n) is 3.55. The molecule has 0 atom stereocenters. The van der Waals surface area contributed by atoms with Gasteiger partial charge in [0.25, 0.3) is 0 Å². The van der Waals surface area contributed by atoms with E-state index in [9.17, 15) is 9.50 Å². The highest BCUT2D eigenvalue weighted by Gasteiger charge is 2.11. The van der Waals surface area contributed by atoms with E-state index in [-0.39, 0.29) is 12.4 Å². The molecule has 0 amide bonds. The average Bonchev–Trinajstić information content (AvgIpc) is 2.33. The summed E-state index contributed by atoms with van der Waals surface area (Å²) in [4.78, 5) is 0. The van der Waals surface area contributed by atoms with Gasteiger partial charge in [0.05, 0.1) is 6.61 Å². The zero-order chi connectivity index (χ0) is 13.1. The maximum atomic E-state index is 13.6. The van der Waals surface area contributed by atoms with Gasteiger partial charge in [-0.1, -0.05) is 33.6 Å². The maximum absolute atomic E-state index is 13.6. The highest BCUT2D eigenvalue weighted by molar-refractivity contribution is 9.10. The molecule has 0 saturated carbocycles. The van der Waals surface area contributed by atoms with Gasteiger partial charge in [0.15, 0.2) is 11.6 Å². The lowest BCUT2D eigenvalue weighted by Crippen LogP contribution is -1.94. The van der Waals surface area contributed by atoms with Gasteiger partial charge in [-0.25, -0.2) is 4.39 Å². The molecule has 0 aliphatic carbocycles. The van der Waals surface area contributed by atoms with Crippen LogP contribution in [0, 0.1) is 5.82 Å². The molecule has 0 heterocycles. The fourth-order valence-corrected chi connectivity index (χ4v) is 2.02. The molecule has 0 spiro atoms. The van der Waals surface area contributed by atoms with Crippen molar-refractivity contribution in [3.63, 3.8) is 0 Å². The molecule has 2 aromatic rings. The second-order valence-corrected chi connectivity index (χ2v) is 4.87. The lowest BCUT2D eigenvalue weighted by atomic mass is 10.2. The van der Waals surface area contributed by atoms with E-state index in [1.807, 2.05) is 0 Å². The summed E-state index contributed by atoms with van der Waals surface area (Å²) in [5.41, 5.74) is 0.432. The van der Waals surface area contributed by atoms with Crippen molar-refractivity contribution in [1.82, 2.24) is 0 Å². The minimum absolute atomic E-state index is 0.0789. The van der Waals surface area contributed by atoms with Crippen molar-refractivity contribution < 1.29 is 14.2 Å². The Morgan fingerprint density at radius 1 is 1.22 bits per heavy atom. The standard InChI is InChI=1S/C13H9BrClFO2/c14-8-4-5-13(11(16)6-8)18-12-3-1-2-10(15)9(12)7-17/h1-6,17H,7H2. The molecule has 2 nitrogen and oxygen atoms in total. The van der Waals surface area contributed by atoms with Crippen LogP contribution in [-0.4, -0.2) is 5.11 Å². The van der Waals surface area contributed by atoms with E-state index in [0.717, 1.165) is 0 Å². The third-order valence-corrected chi connectivity index (χ3v) is 3.20. The molecular formula is C13H9BrClFO2. The first-order valence-corrected chi connectivity index (χ1v) is 6.30. The summed E-state index contributed by atoms with van der Waals surface area (Å²) in [5.74, 6) is -0.0744. The van der Waals surface area contributed by atoms with Crippen molar-refractivity contribution in [2.45, 2.75) is 6.61 Å². The van der Waals surface area contributed by atoms with E-state index < -0.39 is 5.82 Å². The van der Waals surface area contributed by atoms with Crippen molar-refractivity contribution in [2.24, 2.45) is 0 Å². The predicted octanol–water partition coefficient (Wildman–Crippen LogP) is 4.53. The average molecular weight is 332 g/mol. The molecule has 2 rings (SSSR count). The van der Waals surface area contributed by atoms with Gasteiger partial charge >= 0.3 is 0 Å². The summed E-state index contributed by atoms with van der Waals surface area (Å²) in [5, 5.41) is 9.61. The summed E-state index contributed by atoms with van der Waals surface area (Å²) in [6.45, 7) is -0.271. The van der Waals surface area contributed by atoms with Crippen LogP contribution in [0.2, 0.25) is 5.02 Å². The normalized spacial score (nSPS) is 10.4. The molecule has 94 valence electrons. The molecule has 0 radical (unpaired) electrons. The van der Waals surface area contributed by atoms with Crippen LogP contribution in [0.4, 0.5) is 4.39 Å². The molecule has 0 aromatic heterocycles. The maximum Gasteiger partial charge on any atom is 0.166 e. The van der Waals surface area contributed by atoms with Gasteiger partial charge in [-0.15, -0.1) is 0 Å². The first-order chi connectivity index (χ1) is 8.61. The summed E-state index contributed by atoms with van der Waals surface area (Å²) in [6.07, 6.45) is 0. The Kier molecular flexibility index (Phi) is 4.22. The van der Waals surface area contributed by atoms with E-state index in [0.29, 0.717) is 20.8 Å². The van der Waals surface area contributed by atoms with Gasteiger partial charge in [0, 0.05) is 15.1 Å².